The minimum Gasteiger partial charge on any atom is -0.478 e. The number of aromatic nitrogens is 3. The lowest BCUT2D eigenvalue weighted by molar-refractivity contribution is 0.0699. The molecule has 0 saturated carbocycles. The Morgan fingerprint density at radius 2 is 2.05 bits per heavy atom. The van der Waals surface area contributed by atoms with Crippen LogP contribution in [0.15, 0.2) is 42.9 Å². The van der Waals surface area contributed by atoms with Crippen molar-refractivity contribution in [1.82, 2.24) is 15.0 Å². The van der Waals surface area contributed by atoms with Crippen LogP contribution in [-0.4, -0.2) is 26.0 Å². The van der Waals surface area contributed by atoms with Crippen LogP contribution in [0.2, 0.25) is 0 Å². The highest BCUT2D eigenvalue weighted by molar-refractivity contribution is 6.03. The average molecular weight is 279 g/mol. The molecule has 21 heavy (non-hydrogen) atoms. The Kier molecular flexibility index (Phi) is 3.31. The first kappa shape index (κ1) is 13.2. The lowest BCUT2D eigenvalue weighted by atomic mass is 10.0. The van der Waals surface area contributed by atoms with Gasteiger partial charge in [-0.3, -0.25) is 9.97 Å². The SMILES string of the molecule is CCc1ccc2nc(-c3cnccn3)cc(C(=O)O)c2c1. The van der Waals surface area contributed by atoms with Crippen LogP contribution in [0.4, 0.5) is 0 Å². The van der Waals surface area contributed by atoms with E-state index in [1.165, 1.54) is 0 Å². The number of fused-ring (bicyclic) bond motifs is 1. The number of nitrogens with zero attached hydrogens (tertiary/aromatic N) is 3. The van der Waals surface area contributed by atoms with Crippen molar-refractivity contribution < 1.29 is 9.90 Å². The van der Waals surface area contributed by atoms with Crippen molar-refractivity contribution in [2.45, 2.75) is 13.3 Å². The van der Waals surface area contributed by atoms with Gasteiger partial charge in [-0.15, -0.1) is 0 Å². The molecule has 2 heterocycles. The van der Waals surface area contributed by atoms with Crippen molar-refractivity contribution in [2.75, 3.05) is 0 Å². The molecule has 5 heteroatoms. The molecular weight excluding hydrogens is 266 g/mol. The maximum atomic E-state index is 11.5. The minimum absolute atomic E-state index is 0.232. The summed E-state index contributed by atoms with van der Waals surface area (Å²) in [7, 11) is 0. The molecule has 1 N–H and O–H groups in total. The van der Waals surface area contributed by atoms with Gasteiger partial charge >= 0.3 is 5.97 Å². The molecule has 0 amide bonds. The first-order valence-electron chi connectivity index (χ1n) is 6.62. The van der Waals surface area contributed by atoms with E-state index in [4.69, 9.17) is 0 Å². The smallest absolute Gasteiger partial charge is 0.336 e. The maximum Gasteiger partial charge on any atom is 0.336 e. The van der Waals surface area contributed by atoms with Gasteiger partial charge in [0.1, 0.15) is 5.69 Å². The van der Waals surface area contributed by atoms with Gasteiger partial charge in [-0.2, -0.15) is 0 Å². The summed E-state index contributed by atoms with van der Waals surface area (Å²) in [5.74, 6) is -0.971. The third kappa shape index (κ3) is 2.45. The second kappa shape index (κ2) is 5.28. The lowest BCUT2D eigenvalue weighted by Crippen LogP contribution is -2.01. The van der Waals surface area contributed by atoms with Crippen LogP contribution < -0.4 is 0 Å². The highest BCUT2D eigenvalue weighted by atomic mass is 16.4. The standard InChI is InChI=1S/C16H13N3O2/c1-2-10-3-4-13-11(7-10)12(16(20)21)8-14(19-13)15-9-17-5-6-18-15/h3-9H,2H2,1H3,(H,20,21). The number of hydrogen-bond donors (Lipinski definition) is 1. The van der Waals surface area contributed by atoms with E-state index >= 15 is 0 Å². The van der Waals surface area contributed by atoms with Gasteiger partial charge in [-0.25, -0.2) is 9.78 Å². The van der Waals surface area contributed by atoms with Gasteiger partial charge in [-0.1, -0.05) is 13.0 Å². The van der Waals surface area contributed by atoms with Crippen molar-refractivity contribution in [3.05, 3.63) is 54.0 Å². The third-order valence-corrected chi connectivity index (χ3v) is 3.34. The van der Waals surface area contributed by atoms with E-state index in [1.54, 1.807) is 24.7 Å². The van der Waals surface area contributed by atoms with Gasteiger partial charge in [0.05, 0.1) is 23.0 Å². The fourth-order valence-electron chi connectivity index (χ4n) is 2.23. The van der Waals surface area contributed by atoms with Crippen molar-refractivity contribution in [2.24, 2.45) is 0 Å². The summed E-state index contributed by atoms with van der Waals surface area (Å²) in [5, 5.41) is 10.1. The van der Waals surface area contributed by atoms with Gasteiger partial charge in [-0.05, 0) is 30.2 Å². The molecule has 0 radical (unpaired) electrons. The molecule has 0 aliphatic rings. The fourth-order valence-corrected chi connectivity index (χ4v) is 2.23. The zero-order valence-electron chi connectivity index (χ0n) is 11.4. The molecular formula is C16H13N3O2. The van der Waals surface area contributed by atoms with E-state index in [2.05, 4.69) is 15.0 Å². The summed E-state index contributed by atoms with van der Waals surface area (Å²) < 4.78 is 0. The fraction of sp³-hybridized carbons (Fsp3) is 0.125. The maximum absolute atomic E-state index is 11.5. The average Bonchev–Trinajstić information content (AvgIpc) is 2.54. The molecule has 5 nitrogen and oxygen atoms in total. The van der Waals surface area contributed by atoms with Crippen molar-refractivity contribution in [1.29, 1.82) is 0 Å². The van der Waals surface area contributed by atoms with E-state index < -0.39 is 5.97 Å². The zero-order chi connectivity index (χ0) is 14.8. The predicted octanol–water partition coefficient (Wildman–Crippen LogP) is 2.95. The molecule has 0 fully saturated rings. The third-order valence-electron chi connectivity index (χ3n) is 3.34. The molecule has 0 aliphatic carbocycles. The van der Waals surface area contributed by atoms with E-state index in [-0.39, 0.29) is 5.56 Å². The number of rotatable bonds is 3. The summed E-state index contributed by atoms with van der Waals surface area (Å²) in [6, 6.07) is 7.24. The lowest BCUT2D eigenvalue weighted by Gasteiger charge is -2.07. The molecule has 0 atom stereocenters. The number of carbonyl (C=O) groups is 1. The largest absolute Gasteiger partial charge is 0.478 e. The summed E-state index contributed by atoms with van der Waals surface area (Å²) >= 11 is 0. The molecule has 0 spiro atoms. The van der Waals surface area contributed by atoms with Crippen LogP contribution in [0, 0.1) is 0 Å². The van der Waals surface area contributed by atoms with Crippen LogP contribution in [0.5, 0.6) is 0 Å². The first-order valence-corrected chi connectivity index (χ1v) is 6.62. The van der Waals surface area contributed by atoms with E-state index in [0.29, 0.717) is 22.3 Å². The van der Waals surface area contributed by atoms with Crippen LogP contribution >= 0.6 is 0 Å². The highest BCUT2D eigenvalue weighted by Gasteiger charge is 2.14. The predicted molar refractivity (Wildman–Crippen MR) is 79.1 cm³/mol. The molecule has 104 valence electrons. The van der Waals surface area contributed by atoms with Crippen LogP contribution in [-0.2, 0) is 6.42 Å². The topological polar surface area (TPSA) is 76.0 Å². The molecule has 0 unspecified atom stereocenters. The van der Waals surface area contributed by atoms with Crippen LogP contribution in [0.1, 0.15) is 22.8 Å². The molecule has 2 aromatic heterocycles. The Labute approximate surface area is 121 Å². The molecule has 3 rings (SSSR count). The highest BCUT2D eigenvalue weighted by Crippen LogP contribution is 2.24. The van der Waals surface area contributed by atoms with Crippen LogP contribution in [0.3, 0.4) is 0 Å². The summed E-state index contributed by atoms with van der Waals surface area (Å²) in [6.45, 7) is 2.03. The van der Waals surface area contributed by atoms with Gasteiger partial charge in [0.15, 0.2) is 0 Å². The second-order valence-electron chi connectivity index (χ2n) is 4.66. The monoisotopic (exact) mass is 279 g/mol. The van der Waals surface area contributed by atoms with Crippen LogP contribution in [0.25, 0.3) is 22.3 Å². The number of benzene rings is 1. The number of carboxylic acid groups (broad SMARTS) is 1. The first-order chi connectivity index (χ1) is 10.2. The van der Waals surface area contributed by atoms with Gasteiger partial charge in [0, 0.05) is 17.8 Å². The molecule has 1 aromatic carbocycles. The van der Waals surface area contributed by atoms with E-state index in [9.17, 15) is 9.90 Å². The Morgan fingerprint density at radius 3 is 2.71 bits per heavy atom. The van der Waals surface area contributed by atoms with Gasteiger partial charge < -0.3 is 5.11 Å². The molecule has 0 bridgehead atoms. The summed E-state index contributed by atoms with van der Waals surface area (Å²) in [5.41, 5.74) is 3.03. The molecule has 3 aromatic rings. The zero-order valence-corrected chi connectivity index (χ0v) is 11.4. The number of carboxylic acids is 1. The Morgan fingerprint density at radius 1 is 1.19 bits per heavy atom. The van der Waals surface area contributed by atoms with Crippen molar-refractivity contribution in [3.8, 4) is 11.4 Å². The molecule has 0 aliphatic heterocycles. The number of hydrogen-bond acceptors (Lipinski definition) is 4. The minimum atomic E-state index is -0.971. The summed E-state index contributed by atoms with van der Waals surface area (Å²) in [6.07, 6.45) is 5.54. The normalized spacial score (nSPS) is 10.7. The Balaban J connectivity index is 2.29. The van der Waals surface area contributed by atoms with Gasteiger partial charge in [0.25, 0.3) is 0 Å². The Bertz CT molecular complexity index is 816. The molecule has 0 saturated heterocycles. The van der Waals surface area contributed by atoms with Crippen molar-refractivity contribution >= 4 is 16.9 Å². The quantitative estimate of drug-likeness (QED) is 0.797. The van der Waals surface area contributed by atoms with Gasteiger partial charge in [0.2, 0.25) is 0 Å². The summed E-state index contributed by atoms with van der Waals surface area (Å²) in [4.78, 5) is 24.2. The van der Waals surface area contributed by atoms with E-state index in [1.807, 2.05) is 25.1 Å². The Hall–Kier alpha value is -2.82. The number of aryl methyl sites for hydroxylation is 1. The number of aromatic carboxylic acids is 1. The number of pyridine rings is 1. The second-order valence-corrected chi connectivity index (χ2v) is 4.66. The van der Waals surface area contributed by atoms with Crippen molar-refractivity contribution in [3.63, 3.8) is 0 Å². The van der Waals surface area contributed by atoms with E-state index in [0.717, 1.165) is 12.0 Å².